The number of imidazole rings is 1. The minimum atomic E-state index is -3.41. The molecule has 114 valence electrons. The quantitative estimate of drug-likeness (QED) is 0.904. The van der Waals surface area contributed by atoms with Crippen LogP contribution in [0.5, 0.6) is 0 Å². The highest BCUT2D eigenvalue weighted by atomic mass is 32.2. The number of aromatic nitrogens is 2. The summed E-state index contributed by atoms with van der Waals surface area (Å²) in [6.07, 6.45) is 5.85. The lowest BCUT2D eigenvalue weighted by Crippen LogP contribution is -2.21. The van der Waals surface area contributed by atoms with Gasteiger partial charge < -0.3 is 9.67 Å². The van der Waals surface area contributed by atoms with Crippen molar-refractivity contribution in [2.24, 2.45) is 0 Å². The van der Waals surface area contributed by atoms with E-state index in [2.05, 4.69) is 4.98 Å². The van der Waals surface area contributed by atoms with E-state index in [9.17, 15) is 8.42 Å². The Morgan fingerprint density at radius 1 is 1.25 bits per heavy atom. The third-order valence-corrected chi connectivity index (χ3v) is 5.81. The Bertz CT molecular complexity index is 557. The Morgan fingerprint density at radius 3 is 2.50 bits per heavy atom. The molecular weight excluding hydrogens is 276 g/mol. The van der Waals surface area contributed by atoms with Crippen LogP contribution >= 0.6 is 0 Å². The van der Waals surface area contributed by atoms with Gasteiger partial charge in [0.1, 0.15) is 0 Å². The van der Waals surface area contributed by atoms with E-state index < -0.39 is 9.84 Å². The number of rotatable bonds is 5. The number of aliphatic hydroxyl groups is 1. The van der Waals surface area contributed by atoms with Gasteiger partial charge in [0.15, 0.2) is 0 Å². The normalized spacial score (nSPS) is 17.6. The van der Waals surface area contributed by atoms with Crippen LogP contribution in [0.15, 0.2) is 5.16 Å². The summed E-state index contributed by atoms with van der Waals surface area (Å²) in [6.45, 7) is 3.70. The fourth-order valence-electron chi connectivity index (χ4n) is 2.93. The molecule has 0 unspecified atom stereocenters. The van der Waals surface area contributed by atoms with Gasteiger partial charge in [0.05, 0.1) is 11.4 Å². The van der Waals surface area contributed by atoms with E-state index in [0.717, 1.165) is 37.1 Å². The predicted molar refractivity (Wildman–Crippen MR) is 77.6 cm³/mol. The zero-order valence-corrected chi connectivity index (χ0v) is 13.1. The summed E-state index contributed by atoms with van der Waals surface area (Å²) in [7, 11) is -3.41. The molecule has 1 aromatic rings. The Balaban J connectivity index is 2.40. The van der Waals surface area contributed by atoms with Crippen molar-refractivity contribution >= 4 is 9.84 Å². The molecule has 20 heavy (non-hydrogen) atoms. The molecule has 1 fully saturated rings. The van der Waals surface area contributed by atoms with Crippen LogP contribution in [0, 0.1) is 13.8 Å². The maximum Gasteiger partial charge on any atom is 0.228 e. The van der Waals surface area contributed by atoms with E-state index in [1.54, 1.807) is 0 Å². The molecule has 1 aliphatic rings. The van der Waals surface area contributed by atoms with Crippen LogP contribution in [0.1, 0.15) is 56.0 Å². The second-order valence-electron chi connectivity index (χ2n) is 5.62. The van der Waals surface area contributed by atoms with Crippen molar-refractivity contribution in [3.63, 3.8) is 0 Å². The van der Waals surface area contributed by atoms with Crippen molar-refractivity contribution in [3.8, 4) is 0 Å². The molecule has 5 nitrogen and oxygen atoms in total. The van der Waals surface area contributed by atoms with Gasteiger partial charge in [-0.05, 0) is 33.1 Å². The predicted octanol–water partition coefficient (Wildman–Crippen LogP) is 2.16. The molecule has 0 radical (unpaired) electrons. The summed E-state index contributed by atoms with van der Waals surface area (Å²) < 4.78 is 26.8. The van der Waals surface area contributed by atoms with Crippen molar-refractivity contribution in [1.82, 2.24) is 9.55 Å². The number of aryl methyl sites for hydroxylation is 1. The van der Waals surface area contributed by atoms with Gasteiger partial charge in [-0.15, -0.1) is 0 Å². The van der Waals surface area contributed by atoms with Crippen LogP contribution in [0.25, 0.3) is 0 Å². The molecule has 1 aromatic heterocycles. The van der Waals surface area contributed by atoms with Gasteiger partial charge in [0.2, 0.25) is 15.0 Å². The molecule has 2 rings (SSSR count). The summed E-state index contributed by atoms with van der Waals surface area (Å²) in [5.74, 6) is -0.0356. The van der Waals surface area contributed by atoms with Crippen molar-refractivity contribution in [3.05, 3.63) is 11.4 Å². The third kappa shape index (κ3) is 3.06. The van der Waals surface area contributed by atoms with Crippen LogP contribution in [0.4, 0.5) is 0 Å². The lowest BCUT2D eigenvalue weighted by molar-refractivity contribution is 0.295. The number of nitrogens with zero attached hydrogens (tertiary/aromatic N) is 2. The second kappa shape index (κ2) is 6.26. The smallest absolute Gasteiger partial charge is 0.228 e. The van der Waals surface area contributed by atoms with Gasteiger partial charge >= 0.3 is 0 Å². The van der Waals surface area contributed by atoms with Gasteiger partial charge in [0.25, 0.3) is 0 Å². The van der Waals surface area contributed by atoms with Crippen LogP contribution in [-0.2, 0) is 9.84 Å². The highest BCUT2D eigenvalue weighted by molar-refractivity contribution is 7.91. The van der Waals surface area contributed by atoms with E-state index in [4.69, 9.17) is 5.11 Å². The Kier molecular flexibility index (Phi) is 4.86. The van der Waals surface area contributed by atoms with Crippen molar-refractivity contribution in [2.45, 2.75) is 63.6 Å². The summed E-state index contributed by atoms with van der Waals surface area (Å²) in [5.41, 5.74) is 1.75. The molecule has 0 atom stereocenters. The Labute approximate surface area is 120 Å². The summed E-state index contributed by atoms with van der Waals surface area (Å²) >= 11 is 0. The highest BCUT2D eigenvalue weighted by Gasteiger charge is 2.28. The highest BCUT2D eigenvalue weighted by Crippen LogP contribution is 2.32. The van der Waals surface area contributed by atoms with E-state index >= 15 is 0 Å². The van der Waals surface area contributed by atoms with E-state index in [-0.39, 0.29) is 30.0 Å². The first-order valence-electron chi connectivity index (χ1n) is 7.36. The minimum Gasteiger partial charge on any atom is -0.396 e. The molecule has 0 aliphatic heterocycles. The number of hydrogen-bond acceptors (Lipinski definition) is 4. The lowest BCUT2D eigenvalue weighted by atomic mass is 9.95. The molecule has 1 saturated carbocycles. The molecule has 0 amide bonds. The molecule has 1 aliphatic carbocycles. The molecule has 0 bridgehead atoms. The first-order valence-corrected chi connectivity index (χ1v) is 9.01. The maximum absolute atomic E-state index is 12.4. The molecule has 1 heterocycles. The largest absolute Gasteiger partial charge is 0.396 e. The zero-order chi connectivity index (χ0) is 14.8. The van der Waals surface area contributed by atoms with E-state index in [1.807, 2.05) is 18.4 Å². The topological polar surface area (TPSA) is 72.2 Å². The van der Waals surface area contributed by atoms with Crippen molar-refractivity contribution in [2.75, 3.05) is 12.4 Å². The standard InChI is InChI=1S/C14H24N2O3S/c1-11-12(2)16(13-7-4-3-5-8-13)14(15-11)20(18,19)10-6-9-17/h13,17H,3-10H2,1-2H3. The fourth-order valence-corrected chi connectivity index (χ4v) is 4.48. The van der Waals surface area contributed by atoms with Crippen LogP contribution < -0.4 is 0 Å². The maximum atomic E-state index is 12.4. The van der Waals surface area contributed by atoms with Gasteiger partial charge in [-0.2, -0.15) is 0 Å². The summed E-state index contributed by atoms with van der Waals surface area (Å²) in [5, 5.41) is 9.06. The summed E-state index contributed by atoms with van der Waals surface area (Å²) in [4.78, 5) is 4.30. The minimum absolute atomic E-state index is 0.0356. The van der Waals surface area contributed by atoms with Gasteiger partial charge in [-0.3, -0.25) is 0 Å². The van der Waals surface area contributed by atoms with Crippen molar-refractivity contribution in [1.29, 1.82) is 0 Å². The summed E-state index contributed by atoms with van der Waals surface area (Å²) in [6, 6.07) is 0.254. The molecule has 1 N–H and O–H groups in total. The van der Waals surface area contributed by atoms with Gasteiger partial charge in [0, 0.05) is 18.3 Å². The van der Waals surface area contributed by atoms with Crippen LogP contribution in [-0.4, -0.2) is 35.4 Å². The van der Waals surface area contributed by atoms with Crippen LogP contribution in [0.2, 0.25) is 0 Å². The molecule has 0 aromatic carbocycles. The average Bonchev–Trinajstić information content (AvgIpc) is 2.75. The number of sulfone groups is 1. The number of aliphatic hydroxyl groups excluding tert-OH is 1. The average molecular weight is 300 g/mol. The number of hydrogen-bond donors (Lipinski definition) is 1. The molecule has 0 spiro atoms. The monoisotopic (exact) mass is 300 g/mol. The van der Waals surface area contributed by atoms with Crippen LogP contribution in [0.3, 0.4) is 0 Å². The SMILES string of the molecule is Cc1nc(S(=O)(=O)CCCO)n(C2CCCCC2)c1C. The second-order valence-corrected chi connectivity index (χ2v) is 7.63. The first-order chi connectivity index (χ1) is 9.47. The Hall–Kier alpha value is -0.880. The van der Waals surface area contributed by atoms with Gasteiger partial charge in [-0.1, -0.05) is 19.3 Å². The van der Waals surface area contributed by atoms with E-state index in [0.29, 0.717) is 0 Å². The first kappa shape index (κ1) is 15.5. The van der Waals surface area contributed by atoms with Crippen molar-refractivity contribution < 1.29 is 13.5 Å². The third-order valence-electron chi connectivity index (χ3n) is 4.14. The fraction of sp³-hybridized carbons (Fsp3) is 0.786. The zero-order valence-electron chi connectivity index (χ0n) is 12.3. The van der Waals surface area contributed by atoms with E-state index in [1.165, 1.54) is 6.42 Å². The van der Waals surface area contributed by atoms with Gasteiger partial charge in [-0.25, -0.2) is 13.4 Å². The molecule has 0 saturated heterocycles. The molecule has 6 heteroatoms. The lowest BCUT2D eigenvalue weighted by Gasteiger charge is -2.26. The molecular formula is C14H24N2O3S. The Morgan fingerprint density at radius 2 is 1.90 bits per heavy atom.